The van der Waals surface area contributed by atoms with Crippen molar-refractivity contribution in [3.8, 4) is 0 Å². The molecule has 1 atom stereocenters. The zero-order valence-electron chi connectivity index (χ0n) is 18.8. The molecule has 0 spiro atoms. The number of hydrogen-bond donors (Lipinski definition) is 1. The number of benzene rings is 2. The summed E-state index contributed by atoms with van der Waals surface area (Å²) in [5.41, 5.74) is 3.89. The molecular formula is C26H27FN4O2. The second kappa shape index (κ2) is 9.90. The molecule has 1 aliphatic rings. The van der Waals surface area contributed by atoms with E-state index >= 15 is 0 Å². The monoisotopic (exact) mass is 446 g/mol. The minimum Gasteiger partial charge on any atom is -0.352 e. The van der Waals surface area contributed by atoms with E-state index in [1.165, 1.54) is 12.1 Å². The Morgan fingerprint density at radius 2 is 1.70 bits per heavy atom. The van der Waals surface area contributed by atoms with Crippen LogP contribution in [-0.4, -0.2) is 39.8 Å². The molecule has 6 nitrogen and oxygen atoms in total. The van der Waals surface area contributed by atoms with Crippen molar-refractivity contribution in [2.75, 3.05) is 13.1 Å². The highest BCUT2D eigenvalue weighted by molar-refractivity contribution is 5.94. The van der Waals surface area contributed by atoms with Crippen molar-refractivity contribution in [2.24, 2.45) is 0 Å². The summed E-state index contributed by atoms with van der Waals surface area (Å²) < 4.78 is 13.0. The number of carbonyl (C=O) groups is 2. The van der Waals surface area contributed by atoms with Gasteiger partial charge in [-0.1, -0.05) is 30.3 Å². The van der Waals surface area contributed by atoms with Crippen LogP contribution in [0.25, 0.3) is 0 Å². The third kappa shape index (κ3) is 5.42. The number of nitrogens with one attached hydrogen (secondary N) is 1. The molecule has 4 rings (SSSR count). The van der Waals surface area contributed by atoms with Crippen LogP contribution in [-0.2, 0) is 17.8 Å². The summed E-state index contributed by atoms with van der Waals surface area (Å²) >= 11 is 0. The topological polar surface area (TPSA) is 75.2 Å². The van der Waals surface area contributed by atoms with Gasteiger partial charge in [0.15, 0.2) is 0 Å². The molecule has 1 aliphatic heterocycles. The van der Waals surface area contributed by atoms with Crippen molar-refractivity contribution in [2.45, 2.75) is 39.2 Å². The maximum atomic E-state index is 13.0. The second-order valence-corrected chi connectivity index (χ2v) is 8.41. The largest absolute Gasteiger partial charge is 0.352 e. The fraction of sp³-hybridized carbons (Fsp3) is 0.308. The Hall–Kier alpha value is -3.61. The Labute approximate surface area is 192 Å². The number of aromatic nitrogens is 2. The van der Waals surface area contributed by atoms with Crippen molar-refractivity contribution in [1.29, 1.82) is 0 Å². The Kier molecular flexibility index (Phi) is 6.77. The fourth-order valence-corrected chi connectivity index (χ4v) is 4.15. The van der Waals surface area contributed by atoms with Crippen molar-refractivity contribution in [3.63, 3.8) is 0 Å². The van der Waals surface area contributed by atoms with Gasteiger partial charge < -0.3 is 10.2 Å². The molecule has 0 radical (unpaired) electrons. The lowest BCUT2D eigenvalue weighted by molar-refractivity contribution is -0.120. The minimum atomic E-state index is -0.302. The summed E-state index contributed by atoms with van der Waals surface area (Å²) in [6.07, 6.45) is 0.997. The first-order chi connectivity index (χ1) is 15.9. The molecule has 1 saturated heterocycles. The van der Waals surface area contributed by atoms with Crippen LogP contribution < -0.4 is 5.32 Å². The Balaban J connectivity index is 1.38. The lowest BCUT2D eigenvalue weighted by Crippen LogP contribution is -2.28. The van der Waals surface area contributed by atoms with E-state index in [9.17, 15) is 14.0 Å². The molecular weight excluding hydrogens is 419 g/mol. The summed E-state index contributed by atoms with van der Waals surface area (Å²) in [6.45, 7) is 5.38. The molecule has 170 valence electrons. The highest BCUT2D eigenvalue weighted by Gasteiger charge is 2.30. The van der Waals surface area contributed by atoms with Crippen LogP contribution in [0, 0.1) is 19.7 Å². The van der Waals surface area contributed by atoms with E-state index in [1.807, 2.05) is 49.1 Å². The quantitative estimate of drug-likeness (QED) is 0.626. The summed E-state index contributed by atoms with van der Waals surface area (Å²) in [5.74, 6) is 0.395. The maximum absolute atomic E-state index is 13.0. The molecule has 2 heterocycles. The molecule has 0 saturated carbocycles. The molecule has 7 heteroatoms. The molecule has 0 bridgehead atoms. The average molecular weight is 447 g/mol. The van der Waals surface area contributed by atoms with Crippen molar-refractivity contribution in [3.05, 3.63) is 94.3 Å². The number of nitrogens with zero attached hydrogens (tertiary/aromatic N) is 3. The van der Waals surface area contributed by atoms with Crippen molar-refractivity contribution in [1.82, 2.24) is 20.2 Å². The SMILES string of the molecule is Cc1nc([C@H]2CCN(C(=O)c3ccccc3)C2)nc(C)c1CC(=O)NCc1ccc(F)cc1. The predicted molar refractivity (Wildman–Crippen MR) is 123 cm³/mol. The van der Waals surface area contributed by atoms with E-state index in [2.05, 4.69) is 5.32 Å². The zero-order valence-corrected chi connectivity index (χ0v) is 18.8. The van der Waals surface area contributed by atoms with Gasteiger partial charge in [-0.3, -0.25) is 9.59 Å². The number of carbonyl (C=O) groups excluding carboxylic acids is 2. The second-order valence-electron chi connectivity index (χ2n) is 8.41. The van der Waals surface area contributed by atoms with E-state index in [0.717, 1.165) is 34.8 Å². The maximum Gasteiger partial charge on any atom is 0.253 e. The highest BCUT2D eigenvalue weighted by atomic mass is 19.1. The summed E-state index contributed by atoms with van der Waals surface area (Å²) in [4.78, 5) is 36.4. The van der Waals surface area contributed by atoms with Gasteiger partial charge in [0.05, 0.1) is 6.42 Å². The van der Waals surface area contributed by atoms with E-state index in [4.69, 9.17) is 9.97 Å². The number of rotatable bonds is 6. The number of aryl methyl sites for hydroxylation is 2. The van der Waals surface area contributed by atoms with Gasteiger partial charge in [0, 0.05) is 48.1 Å². The molecule has 1 N–H and O–H groups in total. The van der Waals surface area contributed by atoms with E-state index in [0.29, 0.717) is 25.2 Å². The fourth-order valence-electron chi connectivity index (χ4n) is 4.15. The van der Waals surface area contributed by atoms with Crippen LogP contribution in [0.3, 0.4) is 0 Å². The standard InChI is InChI=1S/C26H27FN4O2/c1-17-23(14-24(32)28-15-19-8-10-22(27)11-9-19)18(2)30-25(29-17)21-12-13-31(16-21)26(33)20-6-4-3-5-7-20/h3-11,21H,12-16H2,1-2H3,(H,28,32)/t21-/m0/s1. The Morgan fingerprint density at radius 1 is 1.03 bits per heavy atom. The lowest BCUT2D eigenvalue weighted by atomic mass is 10.0. The highest BCUT2D eigenvalue weighted by Crippen LogP contribution is 2.27. The van der Waals surface area contributed by atoms with Crippen LogP contribution >= 0.6 is 0 Å². The lowest BCUT2D eigenvalue weighted by Gasteiger charge is -2.17. The molecule has 1 fully saturated rings. The molecule has 0 aliphatic carbocycles. The number of likely N-dealkylation sites (tertiary alicyclic amines) is 1. The van der Waals surface area contributed by atoms with Crippen molar-refractivity contribution < 1.29 is 14.0 Å². The smallest absolute Gasteiger partial charge is 0.253 e. The van der Waals surface area contributed by atoms with Crippen LogP contribution in [0.1, 0.15) is 51.0 Å². The first kappa shape index (κ1) is 22.6. The average Bonchev–Trinajstić information content (AvgIpc) is 3.31. The summed E-state index contributed by atoms with van der Waals surface area (Å²) in [5, 5.41) is 2.86. The van der Waals surface area contributed by atoms with Gasteiger partial charge in [0.2, 0.25) is 5.91 Å². The number of halogens is 1. The molecule has 3 aromatic rings. The predicted octanol–water partition coefficient (Wildman–Crippen LogP) is 3.72. The molecule has 2 aromatic carbocycles. The number of amides is 2. The van der Waals surface area contributed by atoms with Crippen LogP contribution in [0.2, 0.25) is 0 Å². The summed E-state index contributed by atoms with van der Waals surface area (Å²) in [6, 6.07) is 15.3. The van der Waals surface area contributed by atoms with Gasteiger partial charge in [-0.15, -0.1) is 0 Å². The zero-order chi connectivity index (χ0) is 23.4. The third-order valence-corrected chi connectivity index (χ3v) is 6.04. The van der Waals surface area contributed by atoms with Crippen molar-refractivity contribution >= 4 is 11.8 Å². The van der Waals surface area contributed by atoms with Gasteiger partial charge in [0.1, 0.15) is 11.6 Å². The molecule has 0 unspecified atom stereocenters. The Bertz CT molecular complexity index is 1130. The van der Waals surface area contributed by atoms with E-state index in [-0.39, 0.29) is 30.0 Å². The first-order valence-corrected chi connectivity index (χ1v) is 11.1. The van der Waals surface area contributed by atoms with Crippen LogP contribution in [0.4, 0.5) is 4.39 Å². The molecule has 1 aromatic heterocycles. The van der Waals surface area contributed by atoms with Gasteiger partial charge in [-0.05, 0) is 50.1 Å². The van der Waals surface area contributed by atoms with E-state index in [1.54, 1.807) is 12.1 Å². The summed E-state index contributed by atoms with van der Waals surface area (Å²) in [7, 11) is 0. The van der Waals surface area contributed by atoms with Gasteiger partial charge in [0.25, 0.3) is 5.91 Å². The van der Waals surface area contributed by atoms with Gasteiger partial charge in [-0.2, -0.15) is 0 Å². The minimum absolute atomic E-state index is 0.0287. The Morgan fingerprint density at radius 3 is 2.36 bits per heavy atom. The van der Waals surface area contributed by atoms with Gasteiger partial charge >= 0.3 is 0 Å². The molecule has 2 amide bonds. The van der Waals surface area contributed by atoms with Crippen LogP contribution in [0.15, 0.2) is 54.6 Å². The molecule has 33 heavy (non-hydrogen) atoms. The number of hydrogen-bond acceptors (Lipinski definition) is 4. The normalized spacial score (nSPS) is 15.5. The third-order valence-electron chi connectivity index (χ3n) is 6.04. The van der Waals surface area contributed by atoms with E-state index < -0.39 is 0 Å². The van der Waals surface area contributed by atoms with Gasteiger partial charge in [-0.25, -0.2) is 14.4 Å². The first-order valence-electron chi connectivity index (χ1n) is 11.1. The van der Waals surface area contributed by atoms with Crippen LogP contribution in [0.5, 0.6) is 0 Å².